The van der Waals surface area contributed by atoms with Crippen molar-refractivity contribution in [3.05, 3.63) is 0 Å². The van der Waals surface area contributed by atoms with Crippen molar-refractivity contribution in [2.45, 2.75) is 51.0 Å². The number of ketones is 1. The number of hydroxylamine groups is 4. The van der Waals surface area contributed by atoms with Crippen molar-refractivity contribution in [3.8, 4) is 24.7 Å². The highest BCUT2D eigenvalue weighted by Gasteiger charge is 2.35. The van der Waals surface area contributed by atoms with Crippen LogP contribution in [0.3, 0.4) is 0 Å². The SMILES string of the molecule is C#CC(=O)C(CCC(=O)ON1C(=O)CCC1=O)N(CCC(=O)ON1C(=O)CCC1=O)C(=O)C#C. The van der Waals surface area contributed by atoms with Crippen LogP contribution in [0, 0.1) is 24.7 Å². The van der Waals surface area contributed by atoms with Gasteiger partial charge in [-0.2, -0.15) is 0 Å². The molecule has 1 unspecified atom stereocenters. The fourth-order valence-electron chi connectivity index (χ4n) is 3.08. The third-order valence-electron chi connectivity index (χ3n) is 4.78. The Kier molecular flexibility index (Phi) is 8.61. The lowest BCUT2D eigenvalue weighted by Gasteiger charge is -2.27. The molecule has 34 heavy (non-hydrogen) atoms. The number of imide groups is 2. The molecule has 0 N–H and O–H groups in total. The summed E-state index contributed by atoms with van der Waals surface area (Å²) in [6.45, 7) is -0.492. The van der Waals surface area contributed by atoms with Crippen LogP contribution in [-0.2, 0) is 48.0 Å². The summed E-state index contributed by atoms with van der Waals surface area (Å²) in [4.78, 5) is 105. The van der Waals surface area contributed by atoms with Gasteiger partial charge in [0, 0.05) is 32.2 Å². The van der Waals surface area contributed by atoms with Gasteiger partial charge >= 0.3 is 11.9 Å². The molecule has 5 amide bonds. The van der Waals surface area contributed by atoms with Gasteiger partial charge in [-0.05, 0) is 18.3 Å². The van der Waals surface area contributed by atoms with E-state index in [0.29, 0.717) is 10.1 Å². The summed E-state index contributed by atoms with van der Waals surface area (Å²) in [6, 6.07) is -1.45. The van der Waals surface area contributed by atoms with Crippen LogP contribution in [0.15, 0.2) is 0 Å². The molecule has 13 nitrogen and oxygen atoms in total. The van der Waals surface area contributed by atoms with Crippen molar-refractivity contribution in [1.82, 2.24) is 15.0 Å². The van der Waals surface area contributed by atoms with Crippen molar-refractivity contribution < 1.29 is 48.0 Å². The van der Waals surface area contributed by atoms with Gasteiger partial charge in [-0.25, -0.2) is 9.59 Å². The second-order valence-electron chi connectivity index (χ2n) is 7.05. The fraction of sp³-hybridized carbons (Fsp3) is 0.429. The quantitative estimate of drug-likeness (QED) is 0.205. The molecule has 178 valence electrons. The van der Waals surface area contributed by atoms with Crippen LogP contribution < -0.4 is 0 Å². The molecule has 2 heterocycles. The zero-order valence-corrected chi connectivity index (χ0v) is 17.8. The number of Topliss-reactive ketones (excluding diaryl/α,β-unsaturated/α-hetero) is 1. The molecule has 2 fully saturated rings. The molecule has 2 aliphatic rings. The van der Waals surface area contributed by atoms with Crippen molar-refractivity contribution in [1.29, 1.82) is 0 Å². The third kappa shape index (κ3) is 6.26. The normalized spacial score (nSPS) is 16.1. The smallest absolute Gasteiger partial charge is 0.330 e. The molecule has 0 bridgehead atoms. The average molecular weight is 473 g/mol. The number of rotatable bonds is 10. The van der Waals surface area contributed by atoms with Gasteiger partial charge in [0.2, 0.25) is 5.78 Å². The molecule has 0 aromatic rings. The zero-order chi connectivity index (χ0) is 25.4. The van der Waals surface area contributed by atoms with E-state index in [1.54, 1.807) is 5.92 Å². The minimum atomic E-state index is -1.45. The topological polar surface area (TPSA) is 165 Å². The second-order valence-corrected chi connectivity index (χ2v) is 7.05. The van der Waals surface area contributed by atoms with Gasteiger partial charge in [0.25, 0.3) is 29.5 Å². The van der Waals surface area contributed by atoms with E-state index in [1.165, 1.54) is 0 Å². The summed E-state index contributed by atoms with van der Waals surface area (Å²) in [5.41, 5.74) is 0. The van der Waals surface area contributed by atoms with Crippen molar-refractivity contribution in [2.75, 3.05) is 6.54 Å². The predicted molar refractivity (Wildman–Crippen MR) is 106 cm³/mol. The Hall–Kier alpha value is -4.52. The van der Waals surface area contributed by atoms with Crippen LogP contribution in [0.5, 0.6) is 0 Å². The summed E-state index contributed by atoms with van der Waals surface area (Å²) in [5, 5.41) is 0.637. The van der Waals surface area contributed by atoms with Gasteiger partial charge in [-0.3, -0.25) is 28.8 Å². The maximum absolute atomic E-state index is 12.3. The van der Waals surface area contributed by atoms with Gasteiger partial charge in [-0.15, -0.1) is 23.0 Å². The Morgan fingerprint density at radius 3 is 1.65 bits per heavy atom. The summed E-state index contributed by atoms with van der Waals surface area (Å²) in [5.74, 6) is -3.31. The van der Waals surface area contributed by atoms with Crippen molar-refractivity contribution in [2.24, 2.45) is 0 Å². The van der Waals surface area contributed by atoms with E-state index in [9.17, 15) is 38.4 Å². The van der Waals surface area contributed by atoms with Crippen molar-refractivity contribution in [3.63, 3.8) is 0 Å². The van der Waals surface area contributed by atoms with Gasteiger partial charge in [0.05, 0.1) is 12.8 Å². The molecule has 0 aromatic heterocycles. The van der Waals surface area contributed by atoms with Crippen LogP contribution in [0.4, 0.5) is 0 Å². The molecule has 0 spiro atoms. The third-order valence-corrected chi connectivity index (χ3v) is 4.78. The highest BCUT2D eigenvalue weighted by molar-refractivity contribution is 6.04. The molecule has 2 aliphatic heterocycles. The van der Waals surface area contributed by atoms with E-state index in [4.69, 9.17) is 22.5 Å². The molecule has 13 heteroatoms. The first-order valence-electron chi connectivity index (χ1n) is 9.99. The van der Waals surface area contributed by atoms with Crippen LogP contribution >= 0.6 is 0 Å². The standard InChI is InChI=1S/C21H19N3O10/c1-3-14(25)13(5-10-20(31)33-23-16(27)6-7-17(23)28)22(15(26)4-2)12-11-21(32)34-24-18(29)8-9-19(24)30/h1-2,13H,5-12H2. The molecule has 0 aromatic carbocycles. The Morgan fingerprint density at radius 1 is 0.794 bits per heavy atom. The molecular formula is C21H19N3O10. The highest BCUT2D eigenvalue weighted by atomic mass is 16.7. The van der Waals surface area contributed by atoms with Gasteiger partial charge < -0.3 is 14.6 Å². The number of hydrogen-bond acceptors (Lipinski definition) is 10. The largest absolute Gasteiger partial charge is 0.334 e. The minimum absolute atomic E-state index is 0.112. The van der Waals surface area contributed by atoms with Crippen LogP contribution in [0.25, 0.3) is 0 Å². The first-order valence-corrected chi connectivity index (χ1v) is 9.99. The number of amides is 5. The van der Waals surface area contributed by atoms with E-state index < -0.39 is 79.1 Å². The second kappa shape index (κ2) is 11.4. The van der Waals surface area contributed by atoms with E-state index in [2.05, 4.69) is 0 Å². The minimum Gasteiger partial charge on any atom is -0.330 e. The van der Waals surface area contributed by atoms with Crippen molar-refractivity contribution >= 4 is 47.3 Å². The fourth-order valence-corrected chi connectivity index (χ4v) is 3.08. The average Bonchev–Trinajstić information content (AvgIpc) is 3.30. The number of nitrogens with zero attached hydrogens (tertiary/aromatic N) is 3. The molecule has 0 aliphatic carbocycles. The molecule has 1 atom stereocenters. The summed E-state index contributed by atoms with van der Waals surface area (Å²) >= 11 is 0. The first-order chi connectivity index (χ1) is 16.1. The van der Waals surface area contributed by atoms with Crippen LogP contribution in [-0.4, -0.2) is 74.9 Å². The maximum atomic E-state index is 12.3. The number of carbonyl (C=O) groups is 8. The van der Waals surface area contributed by atoms with E-state index in [-0.39, 0.29) is 25.7 Å². The lowest BCUT2D eigenvalue weighted by atomic mass is 10.0. The zero-order valence-electron chi connectivity index (χ0n) is 17.8. The molecule has 2 rings (SSSR count). The first kappa shape index (κ1) is 25.7. The summed E-state index contributed by atoms with van der Waals surface area (Å²) in [6.07, 6.45) is 8.32. The monoisotopic (exact) mass is 473 g/mol. The molecule has 0 saturated carbocycles. The van der Waals surface area contributed by atoms with E-state index >= 15 is 0 Å². The number of hydrogen-bond donors (Lipinski definition) is 0. The lowest BCUT2D eigenvalue weighted by molar-refractivity contribution is -0.198. The summed E-state index contributed by atoms with van der Waals surface area (Å²) < 4.78 is 0. The molecular weight excluding hydrogens is 454 g/mol. The van der Waals surface area contributed by atoms with E-state index in [1.807, 2.05) is 5.92 Å². The lowest BCUT2D eigenvalue weighted by Crippen LogP contribution is -2.46. The van der Waals surface area contributed by atoms with Gasteiger partial charge in [-0.1, -0.05) is 0 Å². The van der Waals surface area contributed by atoms with Crippen LogP contribution in [0.2, 0.25) is 0 Å². The Morgan fingerprint density at radius 2 is 1.24 bits per heavy atom. The van der Waals surface area contributed by atoms with E-state index in [0.717, 1.165) is 4.90 Å². The van der Waals surface area contributed by atoms with Gasteiger partial charge in [0.1, 0.15) is 6.04 Å². The predicted octanol–water partition coefficient (Wildman–Crippen LogP) is -1.60. The highest BCUT2D eigenvalue weighted by Crippen LogP contribution is 2.16. The number of terminal acetylenes is 2. The molecule has 0 radical (unpaired) electrons. The van der Waals surface area contributed by atoms with Gasteiger partial charge in [0.15, 0.2) is 0 Å². The number of carbonyl (C=O) groups excluding carboxylic acids is 8. The Labute approximate surface area is 193 Å². The molecule has 2 saturated heterocycles. The Bertz CT molecular complexity index is 920. The van der Waals surface area contributed by atoms with Crippen LogP contribution in [0.1, 0.15) is 44.9 Å². The maximum Gasteiger partial charge on any atom is 0.334 e. The Balaban J connectivity index is 2.03. The summed E-state index contributed by atoms with van der Waals surface area (Å²) in [7, 11) is 0.